The molecule has 0 atom stereocenters. The number of nitriles is 1. The normalized spacial score (nSPS) is 9.54. The summed E-state index contributed by atoms with van der Waals surface area (Å²) >= 11 is 1.64. The minimum atomic E-state index is 0.553. The number of hydrogen-bond acceptors (Lipinski definition) is 3. The van der Waals surface area contributed by atoms with E-state index in [2.05, 4.69) is 6.07 Å². The third-order valence-electron chi connectivity index (χ3n) is 1.84. The van der Waals surface area contributed by atoms with Crippen LogP contribution in [0, 0.1) is 11.3 Å². The maximum Gasteiger partial charge on any atom is 0.0625 e. The fraction of sp³-hybridized carbons (Fsp3) is 0.300. The van der Waals surface area contributed by atoms with Crippen LogP contribution in [0.25, 0.3) is 0 Å². The standard InChI is InChI=1S/C10H12N2S/c1-13-10-8(5-3-7-11)4-2-6-9(10)12/h2,4,6H,3,5,12H2,1H3. The monoisotopic (exact) mass is 192 g/mol. The molecule has 68 valence electrons. The van der Waals surface area contributed by atoms with E-state index < -0.39 is 0 Å². The number of benzene rings is 1. The summed E-state index contributed by atoms with van der Waals surface area (Å²) in [5.41, 5.74) is 7.78. The molecule has 0 heterocycles. The van der Waals surface area contributed by atoms with Crippen molar-refractivity contribution in [3.63, 3.8) is 0 Å². The molecule has 2 N–H and O–H groups in total. The van der Waals surface area contributed by atoms with Crippen molar-refractivity contribution in [2.75, 3.05) is 12.0 Å². The first kappa shape index (κ1) is 9.94. The van der Waals surface area contributed by atoms with Crippen molar-refractivity contribution in [1.29, 1.82) is 5.26 Å². The van der Waals surface area contributed by atoms with E-state index >= 15 is 0 Å². The van der Waals surface area contributed by atoms with Crippen molar-refractivity contribution in [3.05, 3.63) is 23.8 Å². The molecule has 13 heavy (non-hydrogen) atoms. The SMILES string of the molecule is CSc1c(N)cccc1CCC#N. The molecule has 0 spiro atoms. The number of nitrogens with two attached hydrogens (primary N) is 1. The Morgan fingerprint density at radius 3 is 2.92 bits per heavy atom. The van der Waals surface area contributed by atoms with Crippen LogP contribution in [0.15, 0.2) is 23.1 Å². The van der Waals surface area contributed by atoms with Crippen LogP contribution in [0.2, 0.25) is 0 Å². The molecule has 1 rings (SSSR count). The van der Waals surface area contributed by atoms with E-state index in [0.717, 1.165) is 17.0 Å². The lowest BCUT2D eigenvalue weighted by Gasteiger charge is -2.07. The average Bonchev–Trinajstić information content (AvgIpc) is 2.15. The van der Waals surface area contributed by atoms with Crippen molar-refractivity contribution in [2.45, 2.75) is 17.7 Å². The molecule has 0 saturated heterocycles. The highest BCUT2D eigenvalue weighted by atomic mass is 32.2. The summed E-state index contributed by atoms with van der Waals surface area (Å²) in [4.78, 5) is 1.11. The van der Waals surface area contributed by atoms with Gasteiger partial charge in [0.15, 0.2) is 0 Å². The molecule has 2 nitrogen and oxygen atoms in total. The Kier molecular flexibility index (Phi) is 3.66. The van der Waals surface area contributed by atoms with Gasteiger partial charge in [-0.1, -0.05) is 12.1 Å². The first-order valence-electron chi connectivity index (χ1n) is 4.08. The molecule has 3 heteroatoms. The molecule has 0 fully saturated rings. The largest absolute Gasteiger partial charge is 0.398 e. The summed E-state index contributed by atoms with van der Waals surface area (Å²) < 4.78 is 0. The molecule has 0 bridgehead atoms. The Balaban J connectivity index is 2.93. The van der Waals surface area contributed by atoms with Crippen molar-refractivity contribution < 1.29 is 0 Å². The fourth-order valence-electron chi connectivity index (χ4n) is 1.24. The summed E-state index contributed by atoms with van der Waals surface area (Å²) in [7, 11) is 0. The van der Waals surface area contributed by atoms with Gasteiger partial charge in [-0.15, -0.1) is 11.8 Å². The van der Waals surface area contributed by atoms with Crippen LogP contribution in [-0.4, -0.2) is 6.26 Å². The third-order valence-corrected chi connectivity index (χ3v) is 2.74. The van der Waals surface area contributed by atoms with E-state index in [1.807, 2.05) is 24.5 Å². The first-order valence-corrected chi connectivity index (χ1v) is 5.30. The molecule has 0 aromatic heterocycles. The second-order valence-electron chi connectivity index (χ2n) is 2.70. The summed E-state index contributed by atoms with van der Waals surface area (Å²) in [6.45, 7) is 0. The summed E-state index contributed by atoms with van der Waals surface area (Å²) in [5.74, 6) is 0. The number of hydrogen-bond donors (Lipinski definition) is 1. The quantitative estimate of drug-likeness (QED) is 0.591. The van der Waals surface area contributed by atoms with Gasteiger partial charge in [-0.05, 0) is 24.3 Å². The molecule has 0 saturated carbocycles. The van der Waals surface area contributed by atoms with Crippen molar-refractivity contribution in [2.24, 2.45) is 0 Å². The predicted molar refractivity (Wildman–Crippen MR) is 56.6 cm³/mol. The Morgan fingerprint density at radius 2 is 2.31 bits per heavy atom. The van der Waals surface area contributed by atoms with Gasteiger partial charge in [0.25, 0.3) is 0 Å². The molecule has 1 aromatic rings. The van der Waals surface area contributed by atoms with Gasteiger partial charge in [-0.2, -0.15) is 5.26 Å². The fourth-order valence-corrected chi connectivity index (χ4v) is 1.98. The number of thioether (sulfide) groups is 1. The van der Waals surface area contributed by atoms with Crippen LogP contribution in [0.4, 0.5) is 5.69 Å². The van der Waals surface area contributed by atoms with E-state index in [-0.39, 0.29) is 0 Å². The maximum atomic E-state index is 8.47. The molecule has 1 aromatic carbocycles. The second-order valence-corrected chi connectivity index (χ2v) is 3.51. The average molecular weight is 192 g/mol. The van der Waals surface area contributed by atoms with E-state index in [0.29, 0.717) is 6.42 Å². The highest BCUT2D eigenvalue weighted by Gasteiger charge is 2.03. The lowest BCUT2D eigenvalue weighted by molar-refractivity contribution is 0.982. The van der Waals surface area contributed by atoms with Crippen LogP contribution >= 0.6 is 11.8 Å². The van der Waals surface area contributed by atoms with E-state index in [4.69, 9.17) is 11.0 Å². The molecular formula is C10H12N2S. The highest BCUT2D eigenvalue weighted by molar-refractivity contribution is 7.98. The number of nitrogen functional groups attached to an aromatic ring is 1. The van der Waals surface area contributed by atoms with Crippen LogP contribution in [-0.2, 0) is 6.42 Å². The minimum Gasteiger partial charge on any atom is -0.398 e. The molecule has 0 radical (unpaired) electrons. The molecule has 0 aliphatic rings. The van der Waals surface area contributed by atoms with Crippen LogP contribution in [0.5, 0.6) is 0 Å². The molecule has 0 aliphatic carbocycles. The summed E-state index contributed by atoms with van der Waals surface area (Å²) in [5, 5.41) is 8.47. The zero-order valence-corrected chi connectivity index (χ0v) is 8.40. The molecule has 0 aliphatic heterocycles. The van der Waals surface area contributed by atoms with Crippen LogP contribution in [0.1, 0.15) is 12.0 Å². The lowest BCUT2D eigenvalue weighted by atomic mass is 10.1. The number of aryl methyl sites for hydroxylation is 1. The van der Waals surface area contributed by atoms with Gasteiger partial charge in [-0.25, -0.2) is 0 Å². The zero-order chi connectivity index (χ0) is 9.68. The van der Waals surface area contributed by atoms with E-state index in [1.54, 1.807) is 11.8 Å². The van der Waals surface area contributed by atoms with E-state index in [1.165, 1.54) is 5.56 Å². The molecule has 0 amide bonds. The van der Waals surface area contributed by atoms with Crippen molar-refractivity contribution in [3.8, 4) is 6.07 Å². The van der Waals surface area contributed by atoms with Gasteiger partial charge in [0.05, 0.1) is 6.07 Å². The van der Waals surface area contributed by atoms with Gasteiger partial charge in [-0.3, -0.25) is 0 Å². The maximum absolute atomic E-state index is 8.47. The first-order chi connectivity index (χ1) is 6.29. The lowest BCUT2D eigenvalue weighted by Crippen LogP contribution is -1.94. The Morgan fingerprint density at radius 1 is 1.54 bits per heavy atom. The van der Waals surface area contributed by atoms with E-state index in [9.17, 15) is 0 Å². The van der Waals surface area contributed by atoms with Gasteiger partial charge >= 0.3 is 0 Å². The van der Waals surface area contributed by atoms with Crippen molar-refractivity contribution >= 4 is 17.4 Å². The molecule has 0 unspecified atom stereocenters. The van der Waals surface area contributed by atoms with Gasteiger partial charge < -0.3 is 5.73 Å². The number of anilines is 1. The predicted octanol–water partition coefficient (Wildman–Crippen LogP) is 2.45. The summed E-state index contributed by atoms with van der Waals surface area (Å²) in [6, 6.07) is 7.99. The smallest absolute Gasteiger partial charge is 0.0625 e. The Bertz CT molecular complexity index is 328. The van der Waals surface area contributed by atoms with Crippen LogP contribution in [0.3, 0.4) is 0 Å². The number of rotatable bonds is 3. The zero-order valence-electron chi connectivity index (χ0n) is 7.58. The topological polar surface area (TPSA) is 49.8 Å². The van der Waals surface area contributed by atoms with Crippen molar-refractivity contribution in [1.82, 2.24) is 0 Å². The molecular weight excluding hydrogens is 180 g/mol. The van der Waals surface area contributed by atoms with Crippen LogP contribution < -0.4 is 5.73 Å². The van der Waals surface area contributed by atoms with Gasteiger partial charge in [0, 0.05) is 17.0 Å². The van der Waals surface area contributed by atoms with Gasteiger partial charge in [0.2, 0.25) is 0 Å². The number of nitrogens with zero attached hydrogens (tertiary/aromatic N) is 1. The second kappa shape index (κ2) is 4.78. The highest BCUT2D eigenvalue weighted by Crippen LogP contribution is 2.27. The summed E-state index contributed by atoms with van der Waals surface area (Å²) in [6.07, 6.45) is 3.34. The Hall–Kier alpha value is -1.14. The third kappa shape index (κ3) is 2.40. The minimum absolute atomic E-state index is 0.553. The van der Waals surface area contributed by atoms with Gasteiger partial charge in [0.1, 0.15) is 0 Å². The Labute approximate surface area is 82.7 Å².